The molecule has 1 atom stereocenters. The van der Waals surface area contributed by atoms with Crippen molar-refractivity contribution in [2.45, 2.75) is 19.9 Å². The number of nitrogens with zero attached hydrogens (tertiary/aromatic N) is 5. The number of anilines is 1. The molecule has 0 fully saturated rings. The standard InChI is InChI=1S/C18H17N5S/c1-12-17(24-18(20-12)14-7-5-4-6-8-14)13(2)23(3)16-10-9-15(11-19)21-22-16/h4-10,13H,1-3H3. The third-order valence-corrected chi connectivity index (χ3v) is 5.32. The summed E-state index contributed by atoms with van der Waals surface area (Å²) in [7, 11) is 1.97. The molecule has 0 aliphatic carbocycles. The van der Waals surface area contributed by atoms with E-state index in [1.54, 1.807) is 17.4 Å². The van der Waals surface area contributed by atoms with E-state index in [0.29, 0.717) is 5.69 Å². The van der Waals surface area contributed by atoms with E-state index in [9.17, 15) is 0 Å². The lowest BCUT2D eigenvalue weighted by Crippen LogP contribution is -2.22. The van der Waals surface area contributed by atoms with Gasteiger partial charge in [0.05, 0.1) is 16.6 Å². The first-order valence-electron chi connectivity index (χ1n) is 7.59. The van der Waals surface area contributed by atoms with Crippen molar-refractivity contribution in [3.05, 3.63) is 58.7 Å². The predicted octanol–water partition coefficient (Wildman–Crippen LogP) is 3.98. The largest absolute Gasteiger partial charge is 0.351 e. The molecule has 3 rings (SSSR count). The number of rotatable bonds is 4. The molecule has 0 radical (unpaired) electrons. The molecule has 1 unspecified atom stereocenters. The average molecular weight is 335 g/mol. The fraction of sp³-hybridized carbons (Fsp3) is 0.222. The normalized spacial score (nSPS) is 11.8. The van der Waals surface area contributed by atoms with Gasteiger partial charge in [0.25, 0.3) is 0 Å². The van der Waals surface area contributed by atoms with Gasteiger partial charge in [-0.1, -0.05) is 30.3 Å². The van der Waals surface area contributed by atoms with Crippen LogP contribution in [0.15, 0.2) is 42.5 Å². The second kappa shape index (κ2) is 6.77. The van der Waals surface area contributed by atoms with Gasteiger partial charge in [-0.25, -0.2) is 4.98 Å². The van der Waals surface area contributed by atoms with Crippen LogP contribution < -0.4 is 4.90 Å². The summed E-state index contributed by atoms with van der Waals surface area (Å²) in [6, 6.07) is 15.8. The minimum atomic E-state index is 0.113. The van der Waals surface area contributed by atoms with Crippen molar-refractivity contribution in [3.8, 4) is 16.6 Å². The van der Waals surface area contributed by atoms with Gasteiger partial charge in [-0.3, -0.25) is 0 Å². The Morgan fingerprint density at radius 1 is 1.12 bits per heavy atom. The van der Waals surface area contributed by atoms with Gasteiger partial charge in [0.1, 0.15) is 11.1 Å². The summed E-state index contributed by atoms with van der Waals surface area (Å²) in [6.07, 6.45) is 0. The molecule has 0 amide bonds. The van der Waals surface area contributed by atoms with Crippen molar-refractivity contribution < 1.29 is 0 Å². The molecule has 0 saturated carbocycles. The third kappa shape index (κ3) is 3.12. The quantitative estimate of drug-likeness (QED) is 0.721. The van der Waals surface area contributed by atoms with Crippen molar-refractivity contribution in [1.82, 2.24) is 15.2 Å². The molecule has 6 heteroatoms. The van der Waals surface area contributed by atoms with Crippen LogP contribution in [0.3, 0.4) is 0 Å². The molecule has 0 bridgehead atoms. The molecule has 0 aliphatic heterocycles. The second-order valence-corrected chi connectivity index (χ2v) is 6.54. The van der Waals surface area contributed by atoms with E-state index in [1.165, 1.54) is 4.88 Å². The van der Waals surface area contributed by atoms with Gasteiger partial charge in [-0.2, -0.15) is 5.26 Å². The molecule has 0 aliphatic rings. The maximum absolute atomic E-state index is 8.83. The fourth-order valence-electron chi connectivity index (χ4n) is 2.45. The Kier molecular flexibility index (Phi) is 4.54. The topological polar surface area (TPSA) is 65.7 Å². The summed E-state index contributed by atoms with van der Waals surface area (Å²) < 4.78 is 0. The maximum Gasteiger partial charge on any atom is 0.163 e. The monoisotopic (exact) mass is 335 g/mol. The number of nitriles is 1. The number of hydrogen-bond acceptors (Lipinski definition) is 6. The number of hydrogen-bond donors (Lipinski definition) is 0. The molecule has 0 spiro atoms. The van der Waals surface area contributed by atoms with Crippen LogP contribution in [0.4, 0.5) is 5.82 Å². The Labute approximate surface area is 145 Å². The van der Waals surface area contributed by atoms with Crippen LogP contribution in [0.25, 0.3) is 10.6 Å². The minimum Gasteiger partial charge on any atom is -0.351 e. The van der Waals surface area contributed by atoms with Crippen LogP contribution in [0.1, 0.15) is 29.2 Å². The zero-order valence-electron chi connectivity index (χ0n) is 13.8. The fourth-order valence-corrected chi connectivity index (χ4v) is 3.61. The maximum atomic E-state index is 8.83. The highest BCUT2D eigenvalue weighted by Gasteiger charge is 2.20. The molecule has 2 aromatic heterocycles. The van der Waals surface area contributed by atoms with Gasteiger partial charge >= 0.3 is 0 Å². The molecule has 3 aromatic rings. The molecule has 1 aromatic carbocycles. The van der Waals surface area contributed by atoms with E-state index in [2.05, 4.69) is 29.3 Å². The molecule has 5 nitrogen and oxygen atoms in total. The van der Waals surface area contributed by atoms with Gasteiger partial charge in [-0.15, -0.1) is 21.5 Å². The Balaban J connectivity index is 1.88. The molecule has 120 valence electrons. The van der Waals surface area contributed by atoms with Crippen molar-refractivity contribution in [3.63, 3.8) is 0 Å². The number of thiazole rings is 1. The lowest BCUT2D eigenvalue weighted by Gasteiger charge is -2.24. The summed E-state index contributed by atoms with van der Waals surface area (Å²) in [6.45, 7) is 4.16. The van der Waals surface area contributed by atoms with Crippen LogP contribution in [-0.2, 0) is 0 Å². The summed E-state index contributed by atoms with van der Waals surface area (Å²) in [5.74, 6) is 0.732. The van der Waals surface area contributed by atoms with Gasteiger partial charge in [-0.05, 0) is 26.0 Å². The number of aromatic nitrogens is 3. The van der Waals surface area contributed by atoms with E-state index in [4.69, 9.17) is 10.2 Å². The van der Waals surface area contributed by atoms with E-state index in [-0.39, 0.29) is 6.04 Å². The Morgan fingerprint density at radius 3 is 2.50 bits per heavy atom. The van der Waals surface area contributed by atoms with Gasteiger partial charge in [0.2, 0.25) is 0 Å². The highest BCUT2D eigenvalue weighted by Crippen LogP contribution is 2.34. The van der Waals surface area contributed by atoms with Crippen molar-refractivity contribution in [2.75, 3.05) is 11.9 Å². The molecular formula is C18H17N5S. The van der Waals surface area contributed by atoms with Crippen LogP contribution >= 0.6 is 11.3 Å². The predicted molar refractivity (Wildman–Crippen MR) is 95.9 cm³/mol. The Bertz CT molecular complexity index is 865. The van der Waals surface area contributed by atoms with Gasteiger partial charge < -0.3 is 4.90 Å². The van der Waals surface area contributed by atoms with Crippen molar-refractivity contribution in [1.29, 1.82) is 5.26 Å². The average Bonchev–Trinajstić information content (AvgIpc) is 3.03. The van der Waals surface area contributed by atoms with Crippen LogP contribution in [0.5, 0.6) is 0 Å². The zero-order chi connectivity index (χ0) is 17.1. The number of aryl methyl sites for hydroxylation is 1. The lowest BCUT2D eigenvalue weighted by atomic mass is 10.2. The Hall–Kier alpha value is -2.78. The van der Waals surface area contributed by atoms with Crippen LogP contribution in [0.2, 0.25) is 0 Å². The third-order valence-electron chi connectivity index (χ3n) is 3.94. The van der Waals surface area contributed by atoms with Gasteiger partial charge in [0, 0.05) is 12.6 Å². The summed E-state index contributed by atoms with van der Waals surface area (Å²) in [4.78, 5) is 7.96. The Morgan fingerprint density at radius 2 is 1.88 bits per heavy atom. The van der Waals surface area contributed by atoms with Crippen molar-refractivity contribution in [2.24, 2.45) is 0 Å². The van der Waals surface area contributed by atoms with Crippen LogP contribution in [-0.4, -0.2) is 22.2 Å². The van der Waals surface area contributed by atoms with Crippen molar-refractivity contribution >= 4 is 17.2 Å². The van der Waals surface area contributed by atoms with Gasteiger partial charge in [0.15, 0.2) is 11.5 Å². The first-order valence-corrected chi connectivity index (χ1v) is 8.41. The first kappa shape index (κ1) is 16.1. The second-order valence-electron chi connectivity index (χ2n) is 5.51. The first-order chi connectivity index (χ1) is 11.6. The number of benzene rings is 1. The summed E-state index contributed by atoms with van der Waals surface area (Å²) >= 11 is 1.70. The molecule has 0 N–H and O–H groups in total. The zero-order valence-corrected chi connectivity index (χ0v) is 14.6. The van der Waals surface area contributed by atoms with E-state index in [1.807, 2.05) is 49.2 Å². The SMILES string of the molecule is Cc1nc(-c2ccccc2)sc1C(C)N(C)c1ccc(C#N)nn1. The summed E-state index contributed by atoms with van der Waals surface area (Å²) in [5, 5.41) is 17.9. The van der Waals surface area contributed by atoms with E-state index < -0.39 is 0 Å². The summed E-state index contributed by atoms with van der Waals surface area (Å²) in [5.41, 5.74) is 2.48. The lowest BCUT2D eigenvalue weighted by molar-refractivity contribution is 0.725. The minimum absolute atomic E-state index is 0.113. The molecule has 0 saturated heterocycles. The molecular weight excluding hydrogens is 318 g/mol. The molecule has 2 heterocycles. The van der Waals surface area contributed by atoms with Crippen LogP contribution in [0, 0.1) is 18.3 Å². The van der Waals surface area contributed by atoms with E-state index >= 15 is 0 Å². The smallest absolute Gasteiger partial charge is 0.163 e. The highest BCUT2D eigenvalue weighted by atomic mass is 32.1. The van der Waals surface area contributed by atoms with E-state index in [0.717, 1.165) is 22.1 Å². The highest BCUT2D eigenvalue weighted by molar-refractivity contribution is 7.15. The molecule has 24 heavy (non-hydrogen) atoms.